The number of carbonyl (C=O) groups excluding carboxylic acids is 2. The van der Waals surface area contributed by atoms with Crippen molar-refractivity contribution in [3.05, 3.63) is 60.7 Å². The Morgan fingerprint density at radius 2 is 0.964 bits per heavy atom. The van der Waals surface area contributed by atoms with E-state index in [1.807, 2.05) is 0 Å². The average molecular weight is 384 g/mol. The molecule has 2 rings (SSSR count). The van der Waals surface area contributed by atoms with E-state index in [0.717, 1.165) is 0 Å². The first-order valence-electron chi connectivity index (χ1n) is 8.52. The Bertz CT molecular complexity index is 767. The predicted molar refractivity (Wildman–Crippen MR) is 102 cm³/mol. The molecule has 0 saturated carbocycles. The van der Waals surface area contributed by atoms with Gasteiger partial charge in [0.25, 0.3) is 0 Å². The summed E-state index contributed by atoms with van der Waals surface area (Å²) in [5, 5.41) is 23.5. The number of anilines is 2. The number of amides is 2. The first-order chi connectivity index (χ1) is 13.4. The van der Waals surface area contributed by atoms with E-state index < -0.39 is 48.4 Å². The Kier molecular flexibility index (Phi) is 7.27. The fourth-order valence-corrected chi connectivity index (χ4v) is 2.72. The van der Waals surface area contributed by atoms with E-state index in [1.54, 1.807) is 60.7 Å². The SMILES string of the molecule is O=C(O)CC(C(=O)Nc1ccccc1)C(CC(=O)O)C(=O)Nc1ccccc1. The monoisotopic (exact) mass is 384 g/mol. The molecule has 0 heterocycles. The van der Waals surface area contributed by atoms with E-state index in [-0.39, 0.29) is 0 Å². The minimum absolute atomic E-state index is 0.417. The number of para-hydroxylation sites is 2. The van der Waals surface area contributed by atoms with Crippen LogP contribution in [0.3, 0.4) is 0 Å². The molecule has 0 aliphatic rings. The van der Waals surface area contributed by atoms with Crippen LogP contribution in [0.1, 0.15) is 12.8 Å². The molecule has 0 aromatic heterocycles. The average Bonchev–Trinajstić information content (AvgIpc) is 2.65. The predicted octanol–water partition coefficient (Wildman–Crippen LogP) is 2.45. The van der Waals surface area contributed by atoms with Crippen LogP contribution in [0.2, 0.25) is 0 Å². The molecule has 0 bridgehead atoms. The molecule has 4 N–H and O–H groups in total. The fraction of sp³-hybridized carbons (Fsp3) is 0.200. The van der Waals surface area contributed by atoms with Gasteiger partial charge in [0, 0.05) is 11.4 Å². The Balaban J connectivity index is 2.27. The van der Waals surface area contributed by atoms with Crippen molar-refractivity contribution in [1.29, 1.82) is 0 Å². The number of rotatable bonds is 9. The van der Waals surface area contributed by atoms with Gasteiger partial charge in [0.15, 0.2) is 0 Å². The van der Waals surface area contributed by atoms with Crippen LogP contribution in [0.4, 0.5) is 11.4 Å². The summed E-state index contributed by atoms with van der Waals surface area (Å²) in [5.41, 5.74) is 0.834. The molecule has 8 nitrogen and oxygen atoms in total. The van der Waals surface area contributed by atoms with Crippen molar-refractivity contribution in [1.82, 2.24) is 0 Å². The Hall–Kier alpha value is -3.68. The summed E-state index contributed by atoms with van der Waals surface area (Å²) in [4.78, 5) is 47.9. The lowest BCUT2D eigenvalue weighted by atomic mass is 9.85. The van der Waals surface area contributed by atoms with Crippen LogP contribution in [-0.2, 0) is 19.2 Å². The maximum Gasteiger partial charge on any atom is 0.304 e. The first kappa shape index (κ1) is 20.6. The lowest BCUT2D eigenvalue weighted by Crippen LogP contribution is -2.39. The van der Waals surface area contributed by atoms with Crippen LogP contribution in [-0.4, -0.2) is 34.0 Å². The van der Waals surface area contributed by atoms with Gasteiger partial charge < -0.3 is 20.8 Å². The van der Waals surface area contributed by atoms with Crippen molar-refractivity contribution < 1.29 is 29.4 Å². The second-order valence-electron chi connectivity index (χ2n) is 6.12. The number of benzene rings is 2. The van der Waals surface area contributed by atoms with E-state index in [4.69, 9.17) is 0 Å². The summed E-state index contributed by atoms with van der Waals surface area (Å²) in [6.07, 6.45) is -1.36. The molecule has 2 unspecified atom stereocenters. The number of carboxylic acid groups (broad SMARTS) is 2. The van der Waals surface area contributed by atoms with Crippen molar-refractivity contribution >= 4 is 35.1 Å². The number of aliphatic carboxylic acids is 2. The summed E-state index contributed by atoms with van der Waals surface area (Å²) in [7, 11) is 0. The summed E-state index contributed by atoms with van der Waals surface area (Å²) in [5.74, 6) is -6.81. The van der Waals surface area contributed by atoms with Gasteiger partial charge in [-0.25, -0.2) is 0 Å². The number of hydrogen-bond acceptors (Lipinski definition) is 4. The molecule has 0 fully saturated rings. The zero-order chi connectivity index (χ0) is 20.5. The smallest absolute Gasteiger partial charge is 0.304 e. The number of carboxylic acids is 2. The number of hydrogen-bond donors (Lipinski definition) is 4. The fourth-order valence-electron chi connectivity index (χ4n) is 2.72. The van der Waals surface area contributed by atoms with E-state index >= 15 is 0 Å². The van der Waals surface area contributed by atoms with Crippen LogP contribution in [0.5, 0.6) is 0 Å². The number of carbonyl (C=O) groups is 4. The van der Waals surface area contributed by atoms with Gasteiger partial charge in [-0.05, 0) is 24.3 Å². The Morgan fingerprint density at radius 1 is 0.643 bits per heavy atom. The van der Waals surface area contributed by atoms with Gasteiger partial charge in [0.2, 0.25) is 11.8 Å². The van der Waals surface area contributed by atoms with Gasteiger partial charge in [0.05, 0.1) is 24.7 Å². The molecule has 0 spiro atoms. The molecule has 0 radical (unpaired) electrons. The number of nitrogens with one attached hydrogen (secondary N) is 2. The second kappa shape index (κ2) is 9.86. The highest BCUT2D eigenvalue weighted by Crippen LogP contribution is 2.24. The molecule has 2 aromatic carbocycles. The summed E-state index contributed by atoms with van der Waals surface area (Å²) >= 11 is 0. The molecular formula is C20H20N2O6. The normalized spacial score (nSPS) is 12.4. The standard InChI is InChI=1S/C20H20N2O6/c23-17(24)11-15(19(27)21-13-7-3-1-4-8-13)16(12-18(25)26)20(28)22-14-9-5-2-6-10-14/h1-10,15-16H,11-12H2,(H,21,27)(H,22,28)(H,23,24)(H,25,26). The van der Waals surface area contributed by atoms with Crippen LogP contribution in [0.25, 0.3) is 0 Å². The summed E-state index contributed by atoms with van der Waals surface area (Å²) in [6.45, 7) is 0. The third-order valence-electron chi connectivity index (χ3n) is 4.03. The largest absolute Gasteiger partial charge is 0.481 e. The lowest BCUT2D eigenvalue weighted by Gasteiger charge is -2.23. The van der Waals surface area contributed by atoms with E-state index in [0.29, 0.717) is 11.4 Å². The van der Waals surface area contributed by atoms with E-state index in [9.17, 15) is 29.4 Å². The Morgan fingerprint density at radius 3 is 1.25 bits per heavy atom. The highest BCUT2D eigenvalue weighted by Gasteiger charge is 2.37. The van der Waals surface area contributed by atoms with Gasteiger partial charge in [-0.2, -0.15) is 0 Å². The maximum absolute atomic E-state index is 12.7. The van der Waals surface area contributed by atoms with Crippen LogP contribution >= 0.6 is 0 Å². The minimum atomic E-state index is -1.36. The third kappa shape index (κ3) is 6.24. The Labute approximate surface area is 161 Å². The van der Waals surface area contributed by atoms with Crippen molar-refractivity contribution in [2.75, 3.05) is 10.6 Å². The molecule has 0 aliphatic heterocycles. The highest BCUT2D eigenvalue weighted by atomic mass is 16.4. The third-order valence-corrected chi connectivity index (χ3v) is 4.03. The topological polar surface area (TPSA) is 133 Å². The first-order valence-corrected chi connectivity index (χ1v) is 8.52. The van der Waals surface area contributed by atoms with Crippen LogP contribution < -0.4 is 10.6 Å². The zero-order valence-electron chi connectivity index (χ0n) is 14.9. The second-order valence-corrected chi connectivity index (χ2v) is 6.12. The molecular weight excluding hydrogens is 364 g/mol. The van der Waals surface area contributed by atoms with Gasteiger partial charge >= 0.3 is 11.9 Å². The molecule has 2 aromatic rings. The summed E-state index contributed by atoms with van der Waals surface area (Å²) < 4.78 is 0. The van der Waals surface area contributed by atoms with Gasteiger partial charge in [0.1, 0.15) is 0 Å². The molecule has 0 aliphatic carbocycles. The van der Waals surface area contributed by atoms with Crippen LogP contribution in [0.15, 0.2) is 60.7 Å². The quantitative estimate of drug-likeness (QED) is 0.525. The van der Waals surface area contributed by atoms with E-state index in [2.05, 4.69) is 10.6 Å². The minimum Gasteiger partial charge on any atom is -0.481 e. The molecule has 0 saturated heterocycles. The van der Waals surface area contributed by atoms with Crippen LogP contribution in [0, 0.1) is 11.8 Å². The van der Waals surface area contributed by atoms with Crippen molar-refractivity contribution in [3.63, 3.8) is 0 Å². The molecule has 28 heavy (non-hydrogen) atoms. The molecule has 146 valence electrons. The molecule has 2 atom stereocenters. The van der Waals surface area contributed by atoms with Crippen molar-refractivity contribution in [2.45, 2.75) is 12.8 Å². The van der Waals surface area contributed by atoms with Crippen molar-refractivity contribution in [3.8, 4) is 0 Å². The molecule has 8 heteroatoms. The van der Waals surface area contributed by atoms with Gasteiger partial charge in [-0.1, -0.05) is 36.4 Å². The van der Waals surface area contributed by atoms with Gasteiger partial charge in [-0.3, -0.25) is 19.2 Å². The van der Waals surface area contributed by atoms with Crippen molar-refractivity contribution in [2.24, 2.45) is 11.8 Å². The summed E-state index contributed by atoms with van der Waals surface area (Å²) in [6, 6.07) is 16.6. The lowest BCUT2D eigenvalue weighted by molar-refractivity contribution is -0.146. The highest BCUT2D eigenvalue weighted by molar-refractivity contribution is 6.02. The zero-order valence-corrected chi connectivity index (χ0v) is 14.9. The molecule has 2 amide bonds. The van der Waals surface area contributed by atoms with Gasteiger partial charge in [-0.15, -0.1) is 0 Å². The van der Waals surface area contributed by atoms with E-state index in [1.165, 1.54) is 0 Å². The maximum atomic E-state index is 12.7.